The van der Waals surface area contributed by atoms with Gasteiger partial charge in [0.15, 0.2) is 0 Å². The molecule has 3 aliphatic rings. The highest BCUT2D eigenvalue weighted by molar-refractivity contribution is 5.76. The third kappa shape index (κ3) is 2.90. The molecule has 3 aliphatic carbocycles. The summed E-state index contributed by atoms with van der Waals surface area (Å²) in [6, 6.07) is 0. The lowest BCUT2D eigenvalue weighted by atomic mass is 9.70. The van der Waals surface area contributed by atoms with Crippen LogP contribution in [0.4, 0.5) is 0 Å². The molecule has 0 aliphatic heterocycles. The number of ether oxygens (including phenoxy) is 2. The third-order valence-electron chi connectivity index (χ3n) is 7.58. The van der Waals surface area contributed by atoms with Crippen LogP contribution in [0.25, 0.3) is 0 Å². The van der Waals surface area contributed by atoms with Crippen LogP contribution in [0.15, 0.2) is 11.6 Å². The number of hydrogen-bond donors (Lipinski definition) is 0. The van der Waals surface area contributed by atoms with Gasteiger partial charge in [0.2, 0.25) is 0 Å². The molecule has 0 aromatic carbocycles. The minimum atomic E-state index is -0.627. The van der Waals surface area contributed by atoms with E-state index in [1.54, 1.807) is 0 Å². The first kappa shape index (κ1) is 19.4. The number of fused-ring (bicyclic) bond motifs is 5. The van der Waals surface area contributed by atoms with E-state index < -0.39 is 16.6 Å². The van der Waals surface area contributed by atoms with Gasteiger partial charge in [-0.2, -0.15) is 0 Å². The largest absolute Gasteiger partial charge is 0.461 e. The fourth-order valence-corrected chi connectivity index (χ4v) is 5.68. The molecule has 0 saturated heterocycles. The van der Waals surface area contributed by atoms with Crippen molar-refractivity contribution in [1.29, 1.82) is 0 Å². The monoisotopic (exact) mass is 362 g/mol. The number of allylic oxidation sites excluding steroid dienone is 1. The maximum atomic E-state index is 13.0. The average Bonchev–Trinajstić information content (AvgIpc) is 3.25. The molecule has 4 heteroatoms. The summed E-state index contributed by atoms with van der Waals surface area (Å²) in [7, 11) is 0. The Bertz CT molecular complexity index is 607. The van der Waals surface area contributed by atoms with Gasteiger partial charge in [0, 0.05) is 18.3 Å². The molecule has 0 N–H and O–H groups in total. The maximum Gasteiger partial charge on any atom is 0.312 e. The summed E-state index contributed by atoms with van der Waals surface area (Å²) in [5, 5.41) is 0. The molecule has 3 fully saturated rings. The Morgan fingerprint density at radius 3 is 2.58 bits per heavy atom. The van der Waals surface area contributed by atoms with E-state index in [9.17, 15) is 9.59 Å². The number of carbonyl (C=O) groups is 2. The van der Waals surface area contributed by atoms with Gasteiger partial charge in [0.25, 0.3) is 6.47 Å². The molecule has 0 aromatic heterocycles. The molecule has 26 heavy (non-hydrogen) atoms. The maximum absolute atomic E-state index is 13.0. The SMILES string of the molecule is CC/C(C)=C\C1(OC(=O)C(C)(C)CC)CC2(OC=O)CC1C1CCCC12. The van der Waals surface area contributed by atoms with E-state index in [-0.39, 0.29) is 11.9 Å². The summed E-state index contributed by atoms with van der Waals surface area (Å²) < 4.78 is 12.1. The van der Waals surface area contributed by atoms with E-state index in [0.29, 0.717) is 24.7 Å². The first-order chi connectivity index (χ1) is 12.2. The van der Waals surface area contributed by atoms with Gasteiger partial charge in [0.1, 0.15) is 11.2 Å². The fraction of sp³-hybridized carbons (Fsp3) is 0.818. The van der Waals surface area contributed by atoms with Crippen molar-refractivity contribution in [2.45, 2.75) is 90.8 Å². The van der Waals surface area contributed by atoms with Crippen LogP contribution < -0.4 is 0 Å². The highest BCUT2D eigenvalue weighted by Gasteiger charge is 2.71. The Labute approximate surface area is 157 Å². The summed E-state index contributed by atoms with van der Waals surface area (Å²) in [5.74, 6) is 1.04. The Morgan fingerprint density at radius 2 is 1.96 bits per heavy atom. The molecular weight excluding hydrogens is 328 g/mol. The molecule has 146 valence electrons. The quantitative estimate of drug-likeness (QED) is 0.370. The van der Waals surface area contributed by atoms with Gasteiger partial charge in [-0.05, 0) is 64.9 Å². The standard InChI is InChI=1S/C22H34O4/c1-6-15(3)11-22(26-19(24)20(4,5)7-2)13-21(25-14-23)12-18(22)16-9-8-10-17(16)21/h11,14,16-18H,6-10,12-13H2,1-5H3/b15-11-. The van der Waals surface area contributed by atoms with Crippen LogP contribution in [0.3, 0.4) is 0 Å². The molecule has 0 spiro atoms. The Morgan fingerprint density at radius 1 is 1.23 bits per heavy atom. The second-order valence-electron chi connectivity index (χ2n) is 9.39. The number of carbonyl (C=O) groups excluding carboxylic acids is 2. The van der Waals surface area contributed by atoms with Crippen molar-refractivity contribution in [2.24, 2.45) is 23.2 Å². The Balaban J connectivity index is 2.00. The van der Waals surface area contributed by atoms with Gasteiger partial charge in [0.05, 0.1) is 5.41 Å². The molecule has 0 aromatic rings. The van der Waals surface area contributed by atoms with Crippen LogP contribution in [0.1, 0.15) is 79.6 Å². The number of esters is 1. The van der Waals surface area contributed by atoms with Crippen molar-refractivity contribution in [2.75, 3.05) is 0 Å². The first-order valence-electron chi connectivity index (χ1n) is 10.3. The van der Waals surface area contributed by atoms with E-state index in [1.165, 1.54) is 12.0 Å². The highest BCUT2D eigenvalue weighted by atomic mass is 16.6. The van der Waals surface area contributed by atoms with Gasteiger partial charge >= 0.3 is 5.97 Å². The minimum Gasteiger partial charge on any atom is -0.461 e. The van der Waals surface area contributed by atoms with Gasteiger partial charge in [-0.3, -0.25) is 9.59 Å². The van der Waals surface area contributed by atoms with Crippen molar-refractivity contribution in [3.63, 3.8) is 0 Å². The molecule has 3 rings (SSSR count). The van der Waals surface area contributed by atoms with Gasteiger partial charge in [-0.1, -0.05) is 25.8 Å². The third-order valence-corrected chi connectivity index (χ3v) is 7.58. The van der Waals surface area contributed by atoms with Crippen molar-refractivity contribution in [1.82, 2.24) is 0 Å². The summed E-state index contributed by atoms with van der Waals surface area (Å²) in [4.78, 5) is 24.3. The summed E-state index contributed by atoms with van der Waals surface area (Å²) in [5.41, 5.74) is -0.348. The molecule has 0 heterocycles. The second kappa shape index (κ2) is 6.69. The molecule has 5 atom stereocenters. The van der Waals surface area contributed by atoms with Crippen LogP contribution >= 0.6 is 0 Å². The topological polar surface area (TPSA) is 52.6 Å². The van der Waals surface area contributed by atoms with Gasteiger partial charge in [-0.25, -0.2) is 0 Å². The summed E-state index contributed by atoms with van der Waals surface area (Å²) >= 11 is 0. The molecule has 3 saturated carbocycles. The van der Waals surface area contributed by atoms with Crippen LogP contribution in [0.5, 0.6) is 0 Å². The van der Waals surface area contributed by atoms with E-state index in [4.69, 9.17) is 9.47 Å². The van der Waals surface area contributed by atoms with E-state index in [0.717, 1.165) is 32.1 Å². The molecular formula is C22H34O4. The minimum absolute atomic E-state index is 0.136. The fourth-order valence-electron chi connectivity index (χ4n) is 5.68. The molecule has 4 nitrogen and oxygen atoms in total. The molecule has 0 amide bonds. The zero-order chi connectivity index (χ0) is 19.2. The van der Waals surface area contributed by atoms with E-state index in [1.807, 2.05) is 20.8 Å². The summed E-state index contributed by atoms with van der Waals surface area (Å²) in [6.45, 7) is 10.8. The predicted octanol–water partition coefficient (Wildman–Crippen LogP) is 4.81. The second-order valence-corrected chi connectivity index (χ2v) is 9.39. The zero-order valence-corrected chi connectivity index (χ0v) is 17.0. The normalized spacial score (nSPS) is 39.0. The average molecular weight is 363 g/mol. The van der Waals surface area contributed by atoms with Crippen molar-refractivity contribution >= 4 is 12.4 Å². The van der Waals surface area contributed by atoms with Gasteiger partial charge < -0.3 is 9.47 Å². The van der Waals surface area contributed by atoms with Crippen molar-refractivity contribution < 1.29 is 19.1 Å². The van der Waals surface area contributed by atoms with Crippen LogP contribution in [-0.2, 0) is 19.1 Å². The van der Waals surface area contributed by atoms with E-state index in [2.05, 4.69) is 19.9 Å². The molecule has 2 bridgehead atoms. The molecule has 5 unspecified atom stereocenters. The van der Waals surface area contributed by atoms with E-state index >= 15 is 0 Å². The molecule has 0 radical (unpaired) electrons. The lowest BCUT2D eigenvalue weighted by molar-refractivity contribution is -0.179. The van der Waals surface area contributed by atoms with Crippen LogP contribution in [0.2, 0.25) is 0 Å². The zero-order valence-electron chi connectivity index (χ0n) is 17.0. The smallest absolute Gasteiger partial charge is 0.312 e. The lowest BCUT2D eigenvalue weighted by Crippen LogP contribution is -2.50. The van der Waals surface area contributed by atoms with Crippen LogP contribution in [0, 0.1) is 23.2 Å². The summed E-state index contributed by atoms with van der Waals surface area (Å²) in [6.07, 6.45) is 8.75. The van der Waals surface area contributed by atoms with Gasteiger partial charge in [-0.15, -0.1) is 0 Å². The Hall–Kier alpha value is -1.32. The van der Waals surface area contributed by atoms with Crippen molar-refractivity contribution in [3.05, 3.63) is 11.6 Å². The number of hydrogen-bond acceptors (Lipinski definition) is 4. The predicted molar refractivity (Wildman–Crippen MR) is 100 cm³/mol. The highest BCUT2D eigenvalue weighted by Crippen LogP contribution is 2.67. The Kier molecular flexibility index (Phi) is 5.00. The lowest BCUT2D eigenvalue weighted by Gasteiger charge is -2.44. The number of rotatable bonds is 7. The van der Waals surface area contributed by atoms with Crippen molar-refractivity contribution in [3.8, 4) is 0 Å². The first-order valence-corrected chi connectivity index (χ1v) is 10.3. The van der Waals surface area contributed by atoms with Crippen LogP contribution in [-0.4, -0.2) is 23.6 Å².